The zero-order chi connectivity index (χ0) is 18.1. The van der Waals surface area contributed by atoms with Crippen LogP contribution in [-0.4, -0.2) is 10.8 Å². The Kier molecular flexibility index (Phi) is 4.01. The Morgan fingerprint density at radius 1 is 0.769 bits per heavy atom. The smallest absolute Gasteiger partial charge is 0.212 e. The number of nitrogens with zero attached hydrogens (tertiary/aromatic N) is 1. The zero-order valence-electron chi connectivity index (χ0n) is 13.6. The standard InChI is InChI=1S/C22H13F2NO/c23-17-8-6-14(7-9-17)19-13-16-12-18(24)10-11-20(16)25-21(19)22(26)15-4-2-1-3-5-15/h1-13H. The molecular weight excluding hydrogens is 332 g/mol. The van der Waals surface area contributed by atoms with Crippen LogP contribution in [0.2, 0.25) is 0 Å². The average molecular weight is 345 g/mol. The van der Waals surface area contributed by atoms with Crippen molar-refractivity contribution in [1.29, 1.82) is 0 Å². The van der Waals surface area contributed by atoms with Crippen molar-refractivity contribution in [3.63, 3.8) is 0 Å². The van der Waals surface area contributed by atoms with Crippen molar-refractivity contribution in [1.82, 2.24) is 4.98 Å². The fraction of sp³-hybridized carbons (Fsp3) is 0. The first-order valence-electron chi connectivity index (χ1n) is 8.08. The van der Waals surface area contributed by atoms with Crippen molar-refractivity contribution >= 4 is 16.7 Å². The molecule has 0 spiro atoms. The lowest BCUT2D eigenvalue weighted by atomic mass is 9.96. The van der Waals surface area contributed by atoms with Crippen LogP contribution in [0.4, 0.5) is 8.78 Å². The molecule has 0 radical (unpaired) electrons. The van der Waals surface area contributed by atoms with Gasteiger partial charge in [0.2, 0.25) is 5.78 Å². The number of aromatic nitrogens is 1. The molecule has 0 amide bonds. The lowest BCUT2D eigenvalue weighted by molar-refractivity contribution is 0.103. The monoisotopic (exact) mass is 345 g/mol. The minimum Gasteiger partial charge on any atom is -0.287 e. The summed E-state index contributed by atoms with van der Waals surface area (Å²) in [6.45, 7) is 0. The number of ketones is 1. The maximum absolute atomic E-state index is 13.6. The highest BCUT2D eigenvalue weighted by molar-refractivity contribution is 6.12. The van der Waals surface area contributed by atoms with Crippen LogP contribution < -0.4 is 0 Å². The molecule has 3 aromatic carbocycles. The Balaban J connectivity index is 1.97. The summed E-state index contributed by atoms with van der Waals surface area (Å²) in [7, 11) is 0. The highest BCUT2D eigenvalue weighted by atomic mass is 19.1. The van der Waals surface area contributed by atoms with Crippen molar-refractivity contribution in [2.24, 2.45) is 0 Å². The average Bonchev–Trinajstić information content (AvgIpc) is 2.67. The third-order valence-electron chi connectivity index (χ3n) is 4.18. The molecule has 0 N–H and O–H groups in total. The number of fused-ring (bicyclic) bond motifs is 1. The maximum atomic E-state index is 13.6. The zero-order valence-corrected chi connectivity index (χ0v) is 13.6. The number of carbonyl (C=O) groups is 1. The number of hydrogen-bond acceptors (Lipinski definition) is 2. The topological polar surface area (TPSA) is 30.0 Å². The molecule has 0 aliphatic rings. The highest BCUT2D eigenvalue weighted by Crippen LogP contribution is 2.29. The molecule has 0 saturated carbocycles. The fourth-order valence-electron chi connectivity index (χ4n) is 2.90. The normalized spacial score (nSPS) is 10.8. The predicted octanol–water partition coefficient (Wildman–Crippen LogP) is 5.41. The molecule has 0 aliphatic heterocycles. The van der Waals surface area contributed by atoms with Gasteiger partial charge in [0, 0.05) is 16.5 Å². The summed E-state index contributed by atoms with van der Waals surface area (Å²) < 4.78 is 26.9. The lowest BCUT2D eigenvalue weighted by Crippen LogP contribution is -2.07. The van der Waals surface area contributed by atoms with Crippen LogP contribution in [-0.2, 0) is 0 Å². The molecule has 1 heterocycles. The molecule has 2 nitrogen and oxygen atoms in total. The number of carbonyl (C=O) groups excluding carboxylic acids is 1. The van der Waals surface area contributed by atoms with E-state index in [4.69, 9.17) is 0 Å². The van der Waals surface area contributed by atoms with E-state index in [1.807, 2.05) is 6.07 Å². The van der Waals surface area contributed by atoms with Crippen LogP contribution in [0.1, 0.15) is 16.1 Å². The van der Waals surface area contributed by atoms with Gasteiger partial charge in [0.25, 0.3) is 0 Å². The molecule has 0 atom stereocenters. The first-order chi connectivity index (χ1) is 12.6. The van der Waals surface area contributed by atoms with Gasteiger partial charge >= 0.3 is 0 Å². The van der Waals surface area contributed by atoms with E-state index in [2.05, 4.69) is 4.98 Å². The van der Waals surface area contributed by atoms with E-state index >= 15 is 0 Å². The second kappa shape index (κ2) is 6.48. The number of pyridine rings is 1. The van der Waals surface area contributed by atoms with Gasteiger partial charge in [-0.25, -0.2) is 13.8 Å². The van der Waals surface area contributed by atoms with Gasteiger partial charge in [-0.2, -0.15) is 0 Å². The lowest BCUT2D eigenvalue weighted by Gasteiger charge is -2.11. The summed E-state index contributed by atoms with van der Waals surface area (Å²) in [6, 6.07) is 20.6. The summed E-state index contributed by atoms with van der Waals surface area (Å²) in [6.07, 6.45) is 0. The van der Waals surface area contributed by atoms with Crippen molar-refractivity contribution in [2.45, 2.75) is 0 Å². The number of benzene rings is 3. The fourth-order valence-corrected chi connectivity index (χ4v) is 2.90. The third-order valence-corrected chi connectivity index (χ3v) is 4.18. The van der Waals surface area contributed by atoms with Crippen LogP contribution in [0.15, 0.2) is 78.9 Å². The van der Waals surface area contributed by atoms with Gasteiger partial charge < -0.3 is 0 Å². The largest absolute Gasteiger partial charge is 0.287 e. The highest BCUT2D eigenvalue weighted by Gasteiger charge is 2.18. The van der Waals surface area contributed by atoms with Crippen LogP contribution in [0.3, 0.4) is 0 Å². The van der Waals surface area contributed by atoms with Gasteiger partial charge in [0.15, 0.2) is 0 Å². The molecule has 0 bridgehead atoms. The molecule has 0 aliphatic carbocycles. The first-order valence-corrected chi connectivity index (χ1v) is 8.08. The van der Waals surface area contributed by atoms with Crippen LogP contribution >= 0.6 is 0 Å². The number of rotatable bonds is 3. The van der Waals surface area contributed by atoms with Gasteiger partial charge in [0.05, 0.1) is 5.52 Å². The Hall–Kier alpha value is -3.40. The quantitative estimate of drug-likeness (QED) is 0.465. The van der Waals surface area contributed by atoms with Gasteiger partial charge in [-0.3, -0.25) is 4.79 Å². The maximum Gasteiger partial charge on any atom is 0.212 e. The molecular formula is C22H13F2NO. The molecule has 0 fully saturated rings. The second-order valence-corrected chi connectivity index (χ2v) is 5.92. The van der Waals surface area contributed by atoms with Crippen LogP contribution in [0, 0.1) is 11.6 Å². The van der Waals surface area contributed by atoms with Crippen molar-refractivity contribution in [3.05, 3.63) is 102 Å². The summed E-state index contributed by atoms with van der Waals surface area (Å²) in [5, 5.41) is 0.578. The van der Waals surface area contributed by atoms with Crippen molar-refractivity contribution in [3.8, 4) is 11.1 Å². The van der Waals surface area contributed by atoms with Gasteiger partial charge in [-0.05, 0) is 42.0 Å². The molecule has 0 saturated heterocycles. The van der Waals surface area contributed by atoms with E-state index in [-0.39, 0.29) is 23.1 Å². The molecule has 4 rings (SSSR count). The molecule has 126 valence electrons. The molecule has 26 heavy (non-hydrogen) atoms. The van der Waals surface area contributed by atoms with E-state index < -0.39 is 0 Å². The molecule has 4 aromatic rings. The Bertz CT molecular complexity index is 1110. The van der Waals surface area contributed by atoms with Crippen LogP contribution in [0.25, 0.3) is 22.0 Å². The number of hydrogen-bond donors (Lipinski definition) is 0. The van der Waals surface area contributed by atoms with E-state index in [1.54, 1.807) is 48.5 Å². The van der Waals surface area contributed by atoms with Crippen LogP contribution in [0.5, 0.6) is 0 Å². The molecule has 1 aromatic heterocycles. The number of halogens is 2. The predicted molar refractivity (Wildman–Crippen MR) is 97.0 cm³/mol. The minimum atomic E-state index is -0.383. The van der Waals surface area contributed by atoms with E-state index in [9.17, 15) is 13.6 Å². The Labute approximate surface area is 148 Å². The molecule has 0 unspecified atom stereocenters. The van der Waals surface area contributed by atoms with E-state index in [0.29, 0.717) is 27.6 Å². The van der Waals surface area contributed by atoms with Gasteiger partial charge in [0.1, 0.15) is 17.3 Å². The SMILES string of the molecule is O=C(c1ccccc1)c1nc2ccc(F)cc2cc1-c1ccc(F)cc1. The Morgan fingerprint density at radius 2 is 1.46 bits per heavy atom. The summed E-state index contributed by atoms with van der Waals surface area (Å²) in [5.74, 6) is -0.993. The summed E-state index contributed by atoms with van der Waals surface area (Å²) in [5.41, 5.74) is 2.46. The van der Waals surface area contributed by atoms with Gasteiger partial charge in [-0.15, -0.1) is 0 Å². The third kappa shape index (κ3) is 2.97. The van der Waals surface area contributed by atoms with E-state index in [0.717, 1.165) is 0 Å². The van der Waals surface area contributed by atoms with Gasteiger partial charge in [-0.1, -0.05) is 42.5 Å². The van der Waals surface area contributed by atoms with Crippen molar-refractivity contribution < 1.29 is 13.6 Å². The minimum absolute atomic E-state index is 0.240. The first kappa shape index (κ1) is 16.1. The summed E-state index contributed by atoms with van der Waals surface area (Å²) >= 11 is 0. The second-order valence-electron chi connectivity index (χ2n) is 5.92. The molecule has 4 heteroatoms. The Morgan fingerprint density at radius 3 is 2.19 bits per heavy atom. The van der Waals surface area contributed by atoms with Crippen molar-refractivity contribution in [2.75, 3.05) is 0 Å². The summed E-state index contributed by atoms with van der Waals surface area (Å²) in [4.78, 5) is 17.5. The van der Waals surface area contributed by atoms with E-state index in [1.165, 1.54) is 24.3 Å².